The lowest BCUT2D eigenvalue weighted by molar-refractivity contribution is 0.122. The van der Waals surface area contributed by atoms with Crippen molar-refractivity contribution < 1.29 is 4.74 Å². The Bertz CT molecular complexity index is 1370. The molecule has 2 aliphatic carbocycles. The van der Waals surface area contributed by atoms with Crippen molar-refractivity contribution >= 4 is 28.3 Å². The molecule has 6 rings (SSSR count). The zero-order chi connectivity index (χ0) is 24.5. The first-order valence-corrected chi connectivity index (χ1v) is 14.1. The molecule has 1 saturated heterocycles. The van der Waals surface area contributed by atoms with Gasteiger partial charge in [0.2, 0.25) is 0 Å². The van der Waals surface area contributed by atoms with Gasteiger partial charge in [-0.15, -0.1) is 0 Å². The van der Waals surface area contributed by atoms with Crippen LogP contribution in [-0.2, 0) is 10.2 Å². The largest absolute Gasteiger partial charge is 0.378 e. The van der Waals surface area contributed by atoms with Crippen LogP contribution in [0.1, 0.15) is 56.8 Å². The first-order valence-electron chi connectivity index (χ1n) is 13.3. The molecule has 36 heavy (non-hydrogen) atoms. The monoisotopic (exact) mass is 498 g/mol. The van der Waals surface area contributed by atoms with Gasteiger partial charge < -0.3 is 9.64 Å². The van der Waals surface area contributed by atoms with E-state index in [4.69, 9.17) is 19.7 Å². The van der Waals surface area contributed by atoms with Gasteiger partial charge in [-0.2, -0.15) is 0 Å². The van der Waals surface area contributed by atoms with Crippen LogP contribution in [0.15, 0.2) is 43.1 Å². The third kappa shape index (κ3) is 4.54. The van der Waals surface area contributed by atoms with Crippen LogP contribution in [0, 0.1) is 11.8 Å². The van der Waals surface area contributed by atoms with Crippen molar-refractivity contribution in [3.05, 3.63) is 64.4 Å². The van der Waals surface area contributed by atoms with Crippen molar-refractivity contribution in [3.8, 4) is 11.3 Å². The topological polar surface area (TPSA) is 51.1 Å². The van der Waals surface area contributed by atoms with E-state index >= 15 is 0 Å². The van der Waals surface area contributed by atoms with Crippen LogP contribution in [0.25, 0.3) is 23.1 Å². The number of aromatic nitrogens is 3. The molecule has 3 atom stereocenters. The van der Waals surface area contributed by atoms with Gasteiger partial charge in [0.25, 0.3) is 0 Å². The molecule has 0 radical (unpaired) electrons. The summed E-state index contributed by atoms with van der Waals surface area (Å²) in [5.41, 5.74) is 6.50. The fourth-order valence-corrected chi connectivity index (χ4v) is 7.50. The lowest BCUT2D eigenvalue weighted by atomic mass is 9.69. The second kappa shape index (κ2) is 9.93. The summed E-state index contributed by atoms with van der Waals surface area (Å²) in [7, 11) is 0. The Morgan fingerprint density at radius 2 is 2.00 bits per heavy atom. The summed E-state index contributed by atoms with van der Waals surface area (Å²) in [6.07, 6.45) is 11.9. The van der Waals surface area contributed by atoms with E-state index in [2.05, 4.69) is 54.5 Å². The van der Waals surface area contributed by atoms with Gasteiger partial charge in [0.15, 0.2) is 5.13 Å². The molecule has 2 saturated carbocycles. The number of morpholine rings is 1. The molecule has 6 heteroatoms. The van der Waals surface area contributed by atoms with Gasteiger partial charge in [-0.3, -0.25) is 0 Å². The van der Waals surface area contributed by atoms with Crippen molar-refractivity contribution in [3.63, 3.8) is 0 Å². The van der Waals surface area contributed by atoms with Gasteiger partial charge in [-0.25, -0.2) is 15.0 Å². The molecule has 3 unspecified atom stereocenters. The van der Waals surface area contributed by atoms with Crippen molar-refractivity contribution in [2.45, 2.75) is 50.9 Å². The van der Waals surface area contributed by atoms with Gasteiger partial charge in [0.1, 0.15) is 11.2 Å². The molecule has 2 aromatic heterocycles. The number of hydrogen-bond donors (Lipinski definition) is 0. The molecule has 0 spiro atoms. The first kappa shape index (κ1) is 23.6. The number of nitrogens with zero attached hydrogens (tertiary/aromatic N) is 4. The van der Waals surface area contributed by atoms with E-state index in [-0.39, 0.29) is 5.41 Å². The van der Waals surface area contributed by atoms with Crippen LogP contribution in [0.4, 0.5) is 5.13 Å². The number of thiazole rings is 1. The number of hydrogen-bond acceptors (Lipinski definition) is 6. The molecular weight excluding hydrogens is 464 g/mol. The lowest BCUT2D eigenvalue weighted by Gasteiger charge is -2.36. The van der Waals surface area contributed by atoms with Gasteiger partial charge in [-0.1, -0.05) is 61.3 Å². The number of rotatable bonds is 5. The van der Waals surface area contributed by atoms with Crippen LogP contribution < -0.4 is 14.8 Å². The zero-order valence-electron chi connectivity index (χ0n) is 21.1. The van der Waals surface area contributed by atoms with E-state index in [0.717, 1.165) is 75.8 Å². The summed E-state index contributed by atoms with van der Waals surface area (Å²) in [4.78, 5) is 17.0. The third-order valence-electron chi connectivity index (χ3n) is 8.36. The number of fused-ring (bicyclic) bond motifs is 2. The van der Waals surface area contributed by atoms with Crippen LogP contribution >= 0.6 is 11.3 Å². The fraction of sp³-hybridized carbons (Fsp3) is 0.467. The summed E-state index contributed by atoms with van der Waals surface area (Å²) >= 11 is 1.69. The zero-order valence-corrected chi connectivity index (χ0v) is 21.9. The first-order chi connectivity index (χ1) is 17.7. The van der Waals surface area contributed by atoms with Crippen LogP contribution in [0.2, 0.25) is 0 Å². The quantitative estimate of drug-likeness (QED) is 0.511. The minimum Gasteiger partial charge on any atom is -0.378 e. The minimum absolute atomic E-state index is 0.190. The van der Waals surface area contributed by atoms with Crippen LogP contribution in [-0.4, -0.2) is 41.3 Å². The maximum Gasteiger partial charge on any atom is 0.187 e. The standard InChI is InChI=1S/C30H34N4OS/c1-3-21-17-23-9-11-30(19-21,20-23)28-31-12-10-26(32-28)24-7-5-22(6-8-24)18-27-25(4-2)33-29(36-27)34-13-15-35-16-14-34/h5-8,10,12,18,21,23H,2-3,9,11,13-17,19-20H2,1H3/b27-18-. The molecular formula is C30H34N4OS. The Morgan fingerprint density at radius 1 is 1.17 bits per heavy atom. The average molecular weight is 499 g/mol. The van der Waals surface area contributed by atoms with Crippen LogP contribution in [0.3, 0.4) is 0 Å². The van der Waals surface area contributed by atoms with E-state index in [9.17, 15) is 0 Å². The molecule has 0 amide bonds. The van der Waals surface area contributed by atoms with E-state index in [0.29, 0.717) is 0 Å². The van der Waals surface area contributed by atoms with Gasteiger partial charge in [0.05, 0.1) is 23.4 Å². The summed E-state index contributed by atoms with van der Waals surface area (Å²) < 4.78 is 6.57. The molecule has 0 N–H and O–H groups in total. The molecule has 1 aliphatic heterocycles. The molecule has 2 bridgehead atoms. The van der Waals surface area contributed by atoms with Gasteiger partial charge >= 0.3 is 0 Å². The highest BCUT2D eigenvalue weighted by Crippen LogP contribution is 2.54. The molecule has 3 aliphatic rings. The SMILES string of the molecule is C=C=c1nc(N2CCOCC2)s/c1=C\c1ccc(-c2ccnc(C34CCC(CC(CC)C3)C4)n2)cc1. The second-order valence-corrected chi connectivity index (χ2v) is 11.6. The molecule has 3 aromatic rings. The predicted octanol–water partition coefficient (Wildman–Crippen LogP) is 4.69. The minimum atomic E-state index is 0.190. The number of benzene rings is 1. The molecule has 5 nitrogen and oxygen atoms in total. The number of anilines is 1. The highest BCUT2D eigenvalue weighted by atomic mass is 32.1. The smallest absolute Gasteiger partial charge is 0.187 e. The Morgan fingerprint density at radius 3 is 2.78 bits per heavy atom. The van der Waals surface area contributed by atoms with E-state index in [1.807, 2.05) is 12.3 Å². The maximum atomic E-state index is 5.48. The molecule has 1 aromatic carbocycles. The van der Waals surface area contributed by atoms with Gasteiger partial charge in [-0.05, 0) is 61.6 Å². The fourth-order valence-electron chi connectivity index (χ4n) is 6.45. The van der Waals surface area contributed by atoms with Crippen molar-refractivity contribution in [2.24, 2.45) is 11.8 Å². The lowest BCUT2D eigenvalue weighted by Crippen LogP contribution is -2.36. The summed E-state index contributed by atoms with van der Waals surface area (Å²) in [5, 5.41) is 1.83. The maximum absolute atomic E-state index is 5.48. The highest BCUT2D eigenvalue weighted by molar-refractivity contribution is 7.13. The molecule has 3 fully saturated rings. The van der Waals surface area contributed by atoms with E-state index < -0.39 is 0 Å². The Balaban J connectivity index is 1.26. The number of ether oxygens (including phenoxy) is 1. The summed E-state index contributed by atoms with van der Waals surface area (Å²) in [6.45, 7) is 9.45. The normalized spacial score (nSPS) is 26.2. The third-order valence-corrected chi connectivity index (χ3v) is 9.42. The Kier molecular flexibility index (Phi) is 6.51. The summed E-state index contributed by atoms with van der Waals surface area (Å²) in [5.74, 6) is 2.75. The second-order valence-electron chi connectivity index (χ2n) is 10.6. The summed E-state index contributed by atoms with van der Waals surface area (Å²) in [6, 6.07) is 10.7. The van der Waals surface area contributed by atoms with Crippen molar-refractivity contribution in [2.75, 3.05) is 31.2 Å². The average Bonchev–Trinajstić information content (AvgIpc) is 3.49. The molecule has 186 valence electrons. The van der Waals surface area contributed by atoms with E-state index in [1.165, 1.54) is 38.5 Å². The molecule has 3 heterocycles. The van der Waals surface area contributed by atoms with Crippen molar-refractivity contribution in [1.29, 1.82) is 0 Å². The van der Waals surface area contributed by atoms with Crippen LogP contribution in [0.5, 0.6) is 0 Å². The Hall–Kier alpha value is -2.79. The highest BCUT2D eigenvalue weighted by Gasteiger charge is 2.48. The predicted molar refractivity (Wildman–Crippen MR) is 146 cm³/mol. The van der Waals surface area contributed by atoms with E-state index in [1.54, 1.807) is 11.3 Å². The Labute approximate surface area is 217 Å². The van der Waals surface area contributed by atoms with Crippen molar-refractivity contribution in [1.82, 2.24) is 15.0 Å². The van der Waals surface area contributed by atoms with Gasteiger partial charge in [0, 0.05) is 30.3 Å².